The molecule has 2 aromatic rings. The molecule has 1 N–H and O–H groups in total. The van der Waals surface area contributed by atoms with Crippen LogP contribution in [-0.4, -0.2) is 13.1 Å². The van der Waals surface area contributed by atoms with Crippen LogP contribution in [0.3, 0.4) is 0 Å². The van der Waals surface area contributed by atoms with Gasteiger partial charge in [-0.1, -0.05) is 35.3 Å². The Balaban J connectivity index is 1.90. The molecule has 19 heavy (non-hydrogen) atoms. The number of rotatable bonds is 2. The maximum Gasteiger partial charge on any atom is 0.0605 e. The van der Waals surface area contributed by atoms with E-state index < -0.39 is 0 Å². The normalized spacial score (nSPS) is 13.9. The first kappa shape index (κ1) is 12.6. The monoisotopic (exact) mass is 292 g/mol. The molecule has 0 atom stereocenters. The lowest BCUT2D eigenvalue weighted by molar-refractivity contribution is 0.787. The van der Waals surface area contributed by atoms with Crippen molar-refractivity contribution in [2.75, 3.05) is 23.3 Å². The fourth-order valence-electron chi connectivity index (χ4n) is 2.38. The summed E-state index contributed by atoms with van der Waals surface area (Å²) in [5.41, 5.74) is 3.45. The van der Waals surface area contributed by atoms with E-state index in [1.807, 2.05) is 24.3 Å². The van der Waals surface area contributed by atoms with E-state index in [4.69, 9.17) is 23.2 Å². The minimum Gasteiger partial charge on any atom is -0.382 e. The Bertz CT molecular complexity index is 598. The van der Waals surface area contributed by atoms with Gasteiger partial charge in [0.15, 0.2) is 0 Å². The first-order valence-electron chi connectivity index (χ1n) is 6.26. The maximum absolute atomic E-state index is 6.24. The van der Waals surface area contributed by atoms with Gasteiger partial charge in [-0.15, -0.1) is 0 Å². The molecule has 2 aromatic carbocycles. The summed E-state index contributed by atoms with van der Waals surface area (Å²) in [7, 11) is 0. The van der Waals surface area contributed by atoms with Gasteiger partial charge in [0.25, 0.3) is 0 Å². The van der Waals surface area contributed by atoms with Crippen molar-refractivity contribution in [2.45, 2.75) is 6.54 Å². The van der Waals surface area contributed by atoms with E-state index in [0.717, 1.165) is 35.2 Å². The van der Waals surface area contributed by atoms with Gasteiger partial charge in [-0.2, -0.15) is 0 Å². The summed E-state index contributed by atoms with van der Waals surface area (Å²) in [6, 6.07) is 13.9. The molecule has 0 spiro atoms. The van der Waals surface area contributed by atoms with Crippen LogP contribution in [0.4, 0.5) is 11.4 Å². The standard InChI is InChI=1S/C15H14Cl2N2/c16-12-5-6-13(17)11(9-12)10-19-8-7-18-14-3-1-2-4-15(14)19/h1-6,9,18H,7-8,10H2. The number of fused-ring (bicyclic) bond motifs is 1. The van der Waals surface area contributed by atoms with Crippen molar-refractivity contribution in [1.82, 2.24) is 0 Å². The predicted octanol–water partition coefficient (Wildman–Crippen LogP) is 4.43. The second-order valence-corrected chi connectivity index (χ2v) is 5.44. The third kappa shape index (κ3) is 2.65. The lowest BCUT2D eigenvalue weighted by atomic mass is 10.1. The van der Waals surface area contributed by atoms with Gasteiger partial charge >= 0.3 is 0 Å². The number of halogens is 2. The molecule has 0 radical (unpaired) electrons. The van der Waals surface area contributed by atoms with Crippen LogP contribution >= 0.6 is 23.2 Å². The molecule has 0 aliphatic carbocycles. The smallest absolute Gasteiger partial charge is 0.0605 e. The topological polar surface area (TPSA) is 15.3 Å². The zero-order valence-electron chi connectivity index (χ0n) is 10.4. The van der Waals surface area contributed by atoms with Gasteiger partial charge in [-0.3, -0.25) is 0 Å². The Labute approximate surface area is 122 Å². The highest BCUT2D eigenvalue weighted by atomic mass is 35.5. The van der Waals surface area contributed by atoms with Crippen molar-refractivity contribution < 1.29 is 0 Å². The first-order chi connectivity index (χ1) is 9.24. The van der Waals surface area contributed by atoms with Crippen LogP contribution in [0, 0.1) is 0 Å². The van der Waals surface area contributed by atoms with Crippen LogP contribution in [0.5, 0.6) is 0 Å². The van der Waals surface area contributed by atoms with Gasteiger partial charge in [0.05, 0.1) is 11.4 Å². The van der Waals surface area contributed by atoms with E-state index in [-0.39, 0.29) is 0 Å². The molecule has 98 valence electrons. The Hall–Kier alpha value is -1.38. The zero-order chi connectivity index (χ0) is 13.2. The first-order valence-corrected chi connectivity index (χ1v) is 7.01. The van der Waals surface area contributed by atoms with Crippen LogP contribution in [0.1, 0.15) is 5.56 Å². The van der Waals surface area contributed by atoms with Crippen LogP contribution in [0.15, 0.2) is 42.5 Å². The molecule has 0 amide bonds. The van der Waals surface area contributed by atoms with E-state index >= 15 is 0 Å². The molecule has 1 aliphatic rings. The summed E-state index contributed by atoms with van der Waals surface area (Å²) in [4.78, 5) is 2.32. The molecule has 0 fully saturated rings. The molecule has 3 rings (SSSR count). The minimum absolute atomic E-state index is 0.725. The highest BCUT2D eigenvalue weighted by Crippen LogP contribution is 2.31. The molecule has 4 heteroatoms. The van der Waals surface area contributed by atoms with Crippen molar-refractivity contribution in [3.05, 3.63) is 58.1 Å². The molecule has 0 unspecified atom stereocenters. The number of benzene rings is 2. The average Bonchev–Trinajstić information content (AvgIpc) is 2.43. The number of nitrogens with zero attached hydrogens (tertiary/aromatic N) is 1. The number of hydrogen-bond acceptors (Lipinski definition) is 2. The van der Waals surface area contributed by atoms with Crippen LogP contribution in [0.2, 0.25) is 10.0 Å². The van der Waals surface area contributed by atoms with Crippen molar-refractivity contribution in [3.8, 4) is 0 Å². The van der Waals surface area contributed by atoms with E-state index in [2.05, 4.69) is 28.4 Å². The number of nitrogens with one attached hydrogen (secondary N) is 1. The summed E-state index contributed by atoms with van der Waals surface area (Å²) in [5.74, 6) is 0. The van der Waals surface area contributed by atoms with E-state index in [1.165, 1.54) is 11.4 Å². The lowest BCUT2D eigenvalue weighted by Gasteiger charge is -2.32. The number of para-hydroxylation sites is 2. The molecule has 2 nitrogen and oxygen atoms in total. The van der Waals surface area contributed by atoms with E-state index in [1.54, 1.807) is 0 Å². The van der Waals surface area contributed by atoms with Gasteiger partial charge in [-0.25, -0.2) is 0 Å². The zero-order valence-corrected chi connectivity index (χ0v) is 11.9. The second-order valence-electron chi connectivity index (χ2n) is 4.60. The molecule has 0 saturated heterocycles. The second kappa shape index (κ2) is 5.32. The third-order valence-electron chi connectivity index (χ3n) is 3.31. The number of anilines is 2. The molecule has 0 aromatic heterocycles. The number of hydrogen-bond donors (Lipinski definition) is 1. The molecule has 1 heterocycles. The quantitative estimate of drug-likeness (QED) is 0.881. The van der Waals surface area contributed by atoms with E-state index in [0.29, 0.717) is 0 Å². The maximum atomic E-state index is 6.24. The molecular formula is C15H14Cl2N2. The van der Waals surface area contributed by atoms with E-state index in [9.17, 15) is 0 Å². The van der Waals surface area contributed by atoms with Crippen LogP contribution in [0.25, 0.3) is 0 Å². The Morgan fingerprint density at radius 3 is 2.84 bits per heavy atom. The summed E-state index contributed by atoms with van der Waals surface area (Å²) >= 11 is 12.3. The summed E-state index contributed by atoms with van der Waals surface area (Å²) in [6.45, 7) is 2.67. The van der Waals surface area contributed by atoms with Crippen molar-refractivity contribution in [2.24, 2.45) is 0 Å². The van der Waals surface area contributed by atoms with Crippen LogP contribution < -0.4 is 10.2 Å². The molecule has 1 aliphatic heterocycles. The highest BCUT2D eigenvalue weighted by molar-refractivity contribution is 6.33. The van der Waals surface area contributed by atoms with Crippen molar-refractivity contribution in [1.29, 1.82) is 0 Å². The SMILES string of the molecule is Clc1ccc(Cl)c(CN2CCNc3ccccc32)c1. The van der Waals surface area contributed by atoms with Gasteiger partial charge < -0.3 is 10.2 Å². The van der Waals surface area contributed by atoms with Gasteiger partial charge in [0, 0.05) is 29.7 Å². The lowest BCUT2D eigenvalue weighted by Crippen LogP contribution is -2.33. The Morgan fingerprint density at radius 1 is 1.11 bits per heavy atom. The predicted molar refractivity (Wildman–Crippen MR) is 82.4 cm³/mol. The highest BCUT2D eigenvalue weighted by Gasteiger charge is 2.16. The fourth-order valence-corrected chi connectivity index (χ4v) is 2.75. The molecule has 0 saturated carbocycles. The third-order valence-corrected chi connectivity index (χ3v) is 3.91. The van der Waals surface area contributed by atoms with Crippen LogP contribution in [-0.2, 0) is 6.54 Å². The van der Waals surface area contributed by atoms with Gasteiger partial charge in [0.1, 0.15) is 0 Å². The summed E-state index contributed by atoms with van der Waals surface area (Å²) in [5, 5.41) is 4.89. The summed E-state index contributed by atoms with van der Waals surface area (Å²) in [6.07, 6.45) is 0. The minimum atomic E-state index is 0.725. The van der Waals surface area contributed by atoms with Gasteiger partial charge in [-0.05, 0) is 35.9 Å². The van der Waals surface area contributed by atoms with Crippen molar-refractivity contribution >= 4 is 34.6 Å². The Kier molecular flexibility index (Phi) is 3.54. The molecule has 0 bridgehead atoms. The summed E-state index contributed by atoms with van der Waals surface area (Å²) < 4.78 is 0. The largest absolute Gasteiger partial charge is 0.382 e. The fraction of sp³-hybridized carbons (Fsp3) is 0.200. The average molecular weight is 293 g/mol. The van der Waals surface area contributed by atoms with Gasteiger partial charge in [0.2, 0.25) is 0 Å². The molecular weight excluding hydrogens is 279 g/mol. The Morgan fingerprint density at radius 2 is 1.95 bits per heavy atom. The van der Waals surface area contributed by atoms with Crippen molar-refractivity contribution in [3.63, 3.8) is 0 Å².